The van der Waals surface area contributed by atoms with Crippen molar-refractivity contribution in [1.82, 2.24) is 20.6 Å². The van der Waals surface area contributed by atoms with Gasteiger partial charge in [-0.05, 0) is 6.42 Å². The Morgan fingerprint density at radius 1 is 0.700 bits per heavy atom. The van der Waals surface area contributed by atoms with Crippen LogP contribution in [0, 0.1) is 0 Å². The van der Waals surface area contributed by atoms with E-state index >= 15 is 0 Å². The Bertz CT molecular complexity index is 285. The molecule has 0 saturated carbocycles. The first kappa shape index (κ1) is 17.1. The lowest BCUT2D eigenvalue weighted by molar-refractivity contribution is 0.538. The van der Waals surface area contributed by atoms with E-state index in [1.807, 2.05) is 0 Å². The zero-order chi connectivity index (χ0) is 14.3. The molecule has 0 saturated heterocycles. The van der Waals surface area contributed by atoms with Gasteiger partial charge in [0.25, 0.3) is 0 Å². The van der Waals surface area contributed by atoms with Gasteiger partial charge in [-0.15, -0.1) is 10.2 Å². The van der Waals surface area contributed by atoms with E-state index in [4.69, 9.17) is 0 Å². The van der Waals surface area contributed by atoms with Crippen LogP contribution in [0.4, 0.5) is 0 Å². The van der Waals surface area contributed by atoms with Gasteiger partial charge in [-0.25, -0.2) is 0 Å². The second-order valence-corrected chi connectivity index (χ2v) is 5.82. The molecule has 0 aromatic carbocycles. The van der Waals surface area contributed by atoms with Crippen molar-refractivity contribution in [2.75, 3.05) is 0 Å². The largest absolute Gasteiger partial charge is 0.177 e. The summed E-state index contributed by atoms with van der Waals surface area (Å²) in [5, 5.41) is 14.0. The van der Waals surface area contributed by atoms with Crippen molar-refractivity contribution in [3.8, 4) is 0 Å². The fourth-order valence-electron chi connectivity index (χ4n) is 2.59. The Hall–Kier alpha value is -0.930. The third-order valence-corrected chi connectivity index (χ3v) is 3.89. The first-order chi connectivity index (χ1) is 9.93. The van der Waals surface area contributed by atoms with Crippen LogP contribution in [0.3, 0.4) is 0 Å². The van der Waals surface area contributed by atoms with E-state index in [0.717, 1.165) is 12.2 Å². The lowest BCUT2D eigenvalue weighted by atomic mass is 10.0. The fourth-order valence-corrected chi connectivity index (χ4v) is 2.59. The van der Waals surface area contributed by atoms with Crippen LogP contribution in [0.15, 0.2) is 0 Å². The average Bonchev–Trinajstić information content (AvgIpc) is 2.97. The summed E-state index contributed by atoms with van der Waals surface area (Å²) in [6.07, 6.45) is 19.0. The summed E-state index contributed by atoms with van der Waals surface area (Å²) in [6.45, 7) is 2.28. The Morgan fingerprint density at radius 2 is 1.20 bits per heavy atom. The molecule has 0 amide bonds. The summed E-state index contributed by atoms with van der Waals surface area (Å²) in [5.41, 5.74) is 0. The molecule has 1 rings (SSSR count). The van der Waals surface area contributed by atoms with Crippen molar-refractivity contribution in [2.24, 2.45) is 0 Å². The third-order valence-electron chi connectivity index (χ3n) is 3.89. The fraction of sp³-hybridized carbons (Fsp3) is 0.938. The smallest absolute Gasteiger partial charge is 0.174 e. The molecule has 0 aliphatic carbocycles. The van der Waals surface area contributed by atoms with Crippen LogP contribution in [0.2, 0.25) is 0 Å². The molecule has 0 atom stereocenters. The number of H-pyrrole nitrogens is 1. The number of tetrazole rings is 1. The number of nitrogens with zero attached hydrogens (tertiary/aromatic N) is 3. The highest BCUT2D eigenvalue weighted by Gasteiger charge is 1.97. The molecule has 1 N–H and O–H groups in total. The van der Waals surface area contributed by atoms with Crippen molar-refractivity contribution in [2.45, 2.75) is 96.8 Å². The minimum absolute atomic E-state index is 0.855. The van der Waals surface area contributed by atoms with Crippen molar-refractivity contribution in [1.29, 1.82) is 0 Å². The average molecular weight is 280 g/mol. The van der Waals surface area contributed by atoms with Gasteiger partial charge in [-0.3, -0.25) is 0 Å². The Balaban J connectivity index is 1.70. The molecule has 0 fully saturated rings. The molecule has 0 radical (unpaired) electrons. The second-order valence-electron chi connectivity index (χ2n) is 5.82. The van der Waals surface area contributed by atoms with E-state index in [2.05, 4.69) is 27.5 Å². The summed E-state index contributed by atoms with van der Waals surface area (Å²) in [7, 11) is 0. The molecule has 1 aromatic heterocycles. The van der Waals surface area contributed by atoms with Crippen LogP contribution in [0.5, 0.6) is 0 Å². The van der Waals surface area contributed by atoms with Gasteiger partial charge >= 0.3 is 0 Å². The van der Waals surface area contributed by atoms with Crippen molar-refractivity contribution >= 4 is 0 Å². The topological polar surface area (TPSA) is 54.5 Å². The summed E-state index contributed by atoms with van der Waals surface area (Å²) in [6, 6.07) is 0. The van der Waals surface area contributed by atoms with Crippen molar-refractivity contribution in [3.05, 3.63) is 5.82 Å². The van der Waals surface area contributed by atoms with Crippen LogP contribution in [-0.2, 0) is 6.42 Å². The number of aromatic amines is 1. The molecular formula is C16H32N4. The Morgan fingerprint density at radius 3 is 1.65 bits per heavy atom. The molecule has 0 spiro atoms. The lowest BCUT2D eigenvalue weighted by Crippen LogP contribution is -1.89. The molecule has 0 aliphatic heterocycles. The predicted octanol–water partition coefficient (Wildman–Crippen LogP) is 4.83. The first-order valence-corrected chi connectivity index (χ1v) is 8.66. The Labute approximate surface area is 124 Å². The van der Waals surface area contributed by atoms with E-state index in [-0.39, 0.29) is 0 Å². The monoisotopic (exact) mass is 280 g/mol. The minimum atomic E-state index is 0.855. The molecule has 4 heteroatoms. The summed E-state index contributed by atoms with van der Waals surface area (Å²) >= 11 is 0. The van der Waals surface area contributed by atoms with Gasteiger partial charge in [0, 0.05) is 6.42 Å². The molecule has 4 nitrogen and oxygen atoms in total. The molecular weight excluding hydrogens is 248 g/mol. The van der Waals surface area contributed by atoms with E-state index < -0.39 is 0 Å². The normalized spacial score (nSPS) is 11.1. The molecule has 20 heavy (non-hydrogen) atoms. The molecule has 0 unspecified atom stereocenters. The highest BCUT2D eigenvalue weighted by atomic mass is 15.5. The molecule has 0 aliphatic rings. The van der Waals surface area contributed by atoms with Gasteiger partial charge in [0.05, 0.1) is 0 Å². The number of hydrogen-bond donors (Lipinski definition) is 1. The maximum atomic E-state index is 3.96. The van der Waals surface area contributed by atoms with Crippen molar-refractivity contribution < 1.29 is 0 Å². The van der Waals surface area contributed by atoms with E-state index in [0.29, 0.717) is 0 Å². The number of aromatic nitrogens is 4. The summed E-state index contributed by atoms with van der Waals surface area (Å²) in [4.78, 5) is 0. The van der Waals surface area contributed by atoms with E-state index in [1.54, 1.807) is 0 Å². The van der Waals surface area contributed by atoms with Crippen LogP contribution in [-0.4, -0.2) is 20.6 Å². The van der Waals surface area contributed by atoms with Gasteiger partial charge < -0.3 is 0 Å². The standard InChI is InChI=1S/C16H32N4/c1-2-3-4-5-6-7-8-9-10-11-12-13-14-15-16-17-19-20-18-16/h2-15H2,1H3,(H,17,18,19,20). The van der Waals surface area contributed by atoms with Crippen LogP contribution >= 0.6 is 0 Å². The molecule has 1 aromatic rings. The van der Waals surface area contributed by atoms with Gasteiger partial charge in [0.2, 0.25) is 0 Å². The lowest BCUT2D eigenvalue weighted by Gasteiger charge is -2.02. The van der Waals surface area contributed by atoms with Crippen molar-refractivity contribution in [3.63, 3.8) is 0 Å². The summed E-state index contributed by atoms with van der Waals surface area (Å²) < 4.78 is 0. The highest BCUT2D eigenvalue weighted by molar-refractivity contribution is 4.74. The first-order valence-electron chi connectivity index (χ1n) is 8.66. The zero-order valence-corrected chi connectivity index (χ0v) is 13.2. The number of nitrogens with one attached hydrogen (secondary N) is 1. The number of unbranched alkanes of at least 4 members (excludes halogenated alkanes) is 12. The van der Waals surface area contributed by atoms with Crippen LogP contribution in [0.25, 0.3) is 0 Å². The molecule has 116 valence electrons. The quantitative estimate of drug-likeness (QED) is 0.496. The van der Waals surface area contributed by atoms with Crippen LogP contribution in [0.1, 0.15) is 96.2 Å². The van der Waals surface area contributed by atoms with E-state index in [9.17, 15) is 0 Å². The van der Waals surface area contributed by atoms with Gasteiger partial charge in [-0.1, -0.05) is 89.2 Å². The number of hydrogen-bond acceptors (Lipinski definition) is 3. The van der Waals surface area contributed by atoms with Gasteiger partial charge in [0.1, 0.15) is 0 Å². The second kappa shape index (κ2) is 13.1. The van der Waals surface area contributed by atoms with Gasteiger partial charge in [0.15, 0.2) is 5.82 Å². The third kappa shape index (κ3) is 9.93. The number of aryl methyl sites for hydroxylation is 1. The molecule has 0 bridgehead atoms. The van der Waals surface area contributed by atoms with Gasteiger partial charge in [-0.2, -0.15) is 5.21 Å². The maximum Gasteiger partial charge on any atom is 0.174 e. The van der Waals surface area contributed by atoms with Crippen LogP contribution < -0.4 is 0 Å². The number of rotatable bonds is 14. The SMILES string of the molecule is CCCCCCCCCCCCCCCc1nn[nH]n1. The highest BCUT2D eigenvalue weighted by Crippen LogP contribution is 2.12. The maximum absolute atomic E-state index is 3.96. The predicted molar refractivity (Wildman–Crippen MR) is 83.6 cm³/mol. The minimum Gasteiger partial charge on any atom is -0.177 e. The zero-order valence-electron chi connectivity index (χ0n) is 13.2. The van der Waals surface area contributed by atoms with E-state index in [1.165, 1.54) is 83.5 Å². The Kier molecular flexibility index (Phi) is 11.2. The summed E-state index contributed by atoms with van der Waals surface area (Å²) in [5.74, 6) is 0.855. The molecule has 1 heterocycles.